The van der Waals surface area contributed by atoms with Crippen molar-refractivity contribution in [3.63, 3.8) is 0 Å². The lowest BCUT2D eigenvalue weighted by atomic mass is 9.98. The van der Waals surface area contributed by atoms with Gasteiger partial charge in [-0.25, -0.2) is 0 Å². The SMILES string of the molecule is COc1ccc(C2CNC(=O)C2)cc1OCCC(C)N1CCN(c2ccccc2)CC1. The van der Waals surface area contributed by atoms with E-state index in [1.165, 1.54) is 5.69 Å². The Labute approximate surface area is 185 Å². The molecule has 0 aliphatic carbocycles. The van der Waals surface area contributed by atoms with Gasteiger partial charge in [0, 0.05) is 56.8 Å². The Morgan fingerprint density at radius 2 is 1.84 bits per heavy atom. The fraction of sp³-hybridized carbons (Fsp3) is 0.480. The highest BCUT2D eigenvalue weighted by atomic mass is 16.5. The predicted octanol–water partition coefficient (Wildman–Crippen LogP) is 3.28. The average molecular weight is 424 g/mol. The number of carbonyl (C=O) groups excluding carboxylic acids is 1. The second-order valence-electron chi connectivity index (χ2n) is 8.46. The number of ether oxygens (including phenoxy) is 2. The number of carbonyl (C=O) groups is 1. The number of nitrogens with one attached hydrogen (secondary N) is 1. The van der Waals surface area contributed by atoms with Crippen LogP contribution in [0.1, 0.15) is 31.2 Å². The predicted molar refractivity (Wildman–Crippen MR) is 123 cm³/mol. The van der Waals surface area contributed by atoms with E-state index in [4.69, 9.17) is 9.47 Å². The largest absolute Gasteiger partial charge is 0.493 e. The molecular weight excluding hydrogens is 390 g/mol. The minimum atomic E-state index is 0.115. The van der Waals surface area contributed by atoms with E-state index in [2.05, 4.69) is 52.4 Å². The van der Waals surface area contributed by atoms with Gasteiger partial charge in [-0.3, -0.25) is 9.69 Å². The third-order valence-electron chi connectivity index (χ3n) is 6.49. The Morgan fingerprint density at radius 1 is 1.06 bits per heavy atom. The standard InChI is InChI=1S/C25H33N3O3/c1-19(27-11-13-28(14-12-27)22-6-4-3-5-7-22)10-15-31-24-16-20(8-9-23(24)30-2)21-17-25(29)26-18-21/h3-9,16,19,21H,10-15,17-18H2,1-2H3,(H,26,29). The molecule has 2 aromatic rings. The minimum Gasteiger partial charge on any atom is -0.493 e. The molecule has 31 heavy (non-hydrogen) atoms. The Bertz CT molecular complexity index is 866. The normalized spacial score (nSPS) is 20.4. The molecule has 0 aromatic heterocycles. The number of hydrogen-bond acceptors (Lipinski definition) is 5. The van der Waals surface area contributed by atoms with E-state index >= 15 is 0 Å². The topological polar surface area (TPSA) is 54.0 Å². The molecule has 0 bridgehead atoms. The van der Waals surface area contributed by atoms with Gasteiger partial charge in [0.15, 0.2) is 11.5 Å². The van der Waals surface area contributed by atoms with Crippen LogP contribution in [0.25, 0.3) is 0 Å². The smallest absolute Gasteiger partial charge is 0.220 e. The monoisotopic (exact) mass is 423 g/mol. The maximum atomic E-state index is 11.6. The molecular formula is C25H33N3O3. The number of piperazine rings is 1. The molecule has 2 unspecified atom stereocenters. The molecule has 2 heterocycles. The molecule has 2 aliphatic rings. The van der Waals surface area contributed by atoms with Gasteiger partial charge in [-0.2, -0.15) is 0 Å². The summed E-state index contributed by atoms with van der Waals surface area (Å²) in [7, 11) is 1.66. The third-order valence-corrected chi connectivity index (χ3v) is 6.49. The molecule has 6 heteroatoms. The van der Waals surface area contributed by atoms with Crippen LogP contribution in [0.5, 0.6) is 11.5 Å². The van der Waals surface area contributed by atoms with E-state index in [0.29, 0.717) is 25.6 Å². The van der Waals surface area contributed by atoms with Crippen molar-refractivity contribution in [1.82, 2.24) is 10.2 Å². The van der Waals surface area contributed by atoms with Gasteiger partial charge < -0.3 is 19.7 Å². The fourth-order valence-electron chi connectivity index (χ4n) is 4.48. The van der Waals surface area contributed by atoms with Crippen molar-refractivity contribution in [3.05, 3.63) is 54.1 Å². The molecule has 0 spiro atoms. The van der Waals surface area contributed by atoms with Gasteiger partial charge in [-0.05, 0) is 43.2 Å². The molecule has 2 atom stereocenters. The molecule has 0 radical (unpaired) electrons. The van der Waals surface area contributed by atoms with Crippen molar-refractivity contribution in [2.24, 2.45) is 0 Å². The van der Waals surface area contributed by atoms with Crippen molar-refractivity contribution >= 4 is 11.6 Å². The van der Waals surface area contributed by atoms with Crippen LogP contribution in [0, 0.1) is 0 Å². The zero-order valence-corrected chi connectivity index (χ0v) is 18.5. The number of benzene rings is 2. The summed E-state index contributed by atoms with van der Waals surface area (Å²) in [4.78, 5) is 16.6. The van der Waals surface area contributed by atoms with Crippen LogP contribution < -0.4 is 19.7 Å². The van der Waals surface area contributed by atoms with Crippen molar-refractivity contribution in [3.8, 4) is 11.5 Å². The summed E-state index contributed by atoms with van der Waals surface area (Å²) in [6, 6.07) is 17.1. The van der Waals surface area contributed by atoms with Crippen LogP contribution in [0.2, 0.25) is 0 Å². The van der Waals surface area contributed by atoms with Gasteiger partial charge >= 0.3 is 0 Å². The van der Waals surface area contributed by atoms with E-state index in [-0.39, 0.29) is 11.8 Å². The highest BCUT2D eigenvalue weighted by molar-refractivity contribution is 5.79. The summed E-state index contributed by atoms with van der Waals surface area (Å²) < 4.78 is 11.6. The third kappa shape index (κ3) is 5.31. The molecule has 4 rings (SSSR count). The van der Waals surface area contributed by atoms with Gasteiger partial charge in [-0.15, -0.1) is 0 Å². The number of para-hydroxylation sites is 1. The highest BCUT2D eigenvalue weighted by Crippen LogP contribution is 2.33. The van der Waals surface area contributed by atoms with Crippen LogP contribution in [-0.2, 0) is 4.79 Å². The van der Waals surface area contributed by atoms with Crippen molar-refractivity contribution in [2.45, 2.75) is 31.7 Å². The maximum absolute atomic E-state index is 11.6. The number of rotatable bonds is 8. The van der Waals surface area contributed by atoms with E-state index in [1.54, 1.807) is 7.11 Å². The first-order chi connectivity index (χ1) is 15.1. The number of methoxy groups -OCH3 is 1. The Balaban J connectivity index is 1.27. The van der Waals surface area contributed by atoms with Crippen LogP contribution in [-0.4, -0.2) is 63.3 Å². The number of hydrogen-bond donors (Lipinski definition) is 1. The first kappa shape index (κ1) is 21.5. The van der Waals surface area contributed by atoms with Gasteiger partial charge in [0.2, 0.25) is 5.91 Å². The highest BCUT2D eigenvalue weighted by Gasteiger charge is 2.24. The maximum Gasteiger partial charge on any atom is 0.220 e. The van der Waals surface area contributed by atoms with Crippen LogP contribution in [0.15, 0.2) is 48.5 Å². The molecule has 2 aromatic carbocycles. The molecule has 0 saturated carbocycles. The lowest BCUT2D eigenvalue weighted by Crippen LogP contribution is -2.49. The number of anilines is 1. The summed E-state index contributed by atoms with van der Waals surface area (Å²) in [6.07, 6.45) is 1.50. The zero-order chi connectivity index (χ0) is 21.6. The molecule has 1 amide bonds. The molecule has 1 N–H and O–H groups in total. The van der Waals surface area contributed by atoms with E-state index in [9.17, 15) is 4.79 Å². The fourth-order valence-corrected chi connectivity index (χ4v) is 4.48. The Hall–Kier alpha value is -2.73. The molecule has 2 fully saturated rings. The van der Waals surface area contributed by atoms with Crippen LogP contribution in [0.3, 0.4) is 0 Å². The van der Waals surface area contributed by atoms with Gasteiger partial charge in [0.1, 0.15) is 0 Å². The van der Waals surface area contributed by atoms with Gasteiger partial charge in [0.25, 0.3) is 0 Å². The molecule has 166 valence electrons. The quantitative estimate of drug-likeness (QED) is 0.706. The van der Waals surface area contributed by atoms with E-state index in [0.717, 1.165) is 49.7 Å². The first-order valence-electron chi connectivity index (χ1n) is 11.3. The summed E-state index contributed by atoms with van der Waals surface area (Å²) in [6.45, 7) is 7.86. The summed E-state index contributed by atoms with van der Waals surface area (Å²) >= 11 is 0. The van der Waals surface area contributed by atoms with Crippen LogP contribution in [0.4, 0.5) is 5.69 Å². The second kappa shape index (κ2) is 10.1. The Kier molecular flexibility index (Phi) is 6.97. The lowest BCUT2D eigenvalue weighted by molar-refractivity contribution is -0.119. The van der Waals surface area contributed by atoms with E-state index < -0.39 is 0 Å². The summed E-state index contributed by atoms with van der Waals surface area (Å²) in [5, 5.41) is 2.90. The first-order valence-corrected chi connectivity index (χ1v) is 11.3. The van der Waals surface area contributed by atoms with Gasteiger partial charge in [-0.1, -0.05) is 24.3 Å². The lowest BCUT2D eigenvalue weighted by Gasteiger charge is -2.39. The van der Waals surface area contributed by atoms with Crippen LogP contribution >= 0.6 is 0 Å². The Morgan fingerprint density at radius 3 is 2.52 bits per heavy atom. The van der Waals surface area contributed by atoms with Crippen molar-refractivity contribution in [2.75, 3.05) is 51.3 Å². The second-order valence-corrected chi connectivity index (χ2v) is 8.46. The van der Waals surface area contributed by atoms with Crippen molar-refractivity contribution in [1.29, 1.82) is 0 Å². The molecule has 6 nitrogen and oxygen atoms in total. The number of amides is 1. The number of nitrogens with zero attached hydrogens (tertiary/aromatic N) is 2. The minimum absolute atomic E-state index is 0.115. The molecule has 2 aliphatic heterocycles. The zero-order valence-electron chi connectivity index (χ0n) is 18.5. The van der Waals surface area contributed by atoms with E-state index in [1.807, 2.05) is 18.2 Å². The summed E-state index contributed by atoms with van der Waals surface area (Å²) in [5.74, 6) is 1.83. The van der Waals surface area contributed by atoms with Crippen molar-refractivity contribution < 1.29 is 14.3 Å². The average Bonchev–Trinajstić information content (AvgIpc) is 3.26. The van der Waals surface area contributed by atoms with Gasteiger partial charge in [0.05, 0.1) is 13.7 Å². The summed E-state index contributed by atoms with van der Waals surface area (Å²) in [5.41, 5.74) is 2.43. The molecule has 2 saturated heterocycles.